The van der Waals surface area contributed by atoms with Crippen LogP contribution in [0.3, 0.4) is 0 Å². The highest BCUT2D eigenvalue weighted by atomic mass is 19.3. The van der Waals surface area contributed by atoms with E-state index in [1.165, 1.54) is 0 Å². The molecule has 0 spiro atoms. The second kappa shape index (κ2) is 4.36. The third-order valence-corrected chi connectivity index (χ3v) is 6.36. The maximum atomic E-state index is 14.3. The molecule has 0 aromatic heterocycles. The van der Waals surface area contributed by atoms with E-state index in [1.807, 2.05) is 0 Å². The minimum Gasteiger partial charge on any atom is -0.481 e. The van der Waals surface area contributed by atoms with Crippen LogP contribution >= 0.6 is 0 Å². The van der Waals surface area contributed by atoms with Gasteiger partial charge in [0.1, 0.15) is 0 Å². The average Bonchev–Trinajstić information content (AvgIpc) is 2.56. The van der Waals surface area contributed by atoms with Crippen LogP contribution in [0.2, 0.25) is 0 Å². The van der Waals surface area contributed by atoms with Crippen molar-refractivity contribution in [3.05, 3.63) is 10.1 Å². The lowest BCUT2D eigenvalue weighted by molar-refractivity contribution is -0.517. The zero-order chi connectivity index (χ0) is 15.6. The summed E-state index contributed by atoms with van der Waals surface area (Å²) in [4.78, 5) is 22.2. The van der Waals surface area contributed by atoms with Crippen LogP contribution in [0.4, 0.5) is 8.78 Å². The number of carboxylic acids is 1. The molecule has 3 aliphatic rings. The highest BCUT2D eigenvalue weighted by molar-refractivity contribution is 5.71. The largest absolute Gasteiger partial charge is 0.481 e. The Bertz CT molecular complexity index is 489. The van der Waals surface area contributed by atoms with Crippen LogP contribution in [-0.4, -0.2) is 28.5 Å². The van der Waals surface area contributed by atoms with Gasteiger partial charge in [-0.15, -0.1) is 0 Å². The highest BCUT2D eigenvalue weighted by Gasteiger charge is 2.80. The number of carbonyl (C=O) groups is 1. The maximum absolute atomic E-state index is 14.3. The van der Waals surface area contributed by atoms with E-state index in [9.17, 15) is 28.8 Å². The molecule has 0 aliphatic heterocycles. The first-order chi connectivity index (χ1) is 9.76. The van der Waals surface area contributed by atoms with E-state index in [1.54, 1.807) is 6.92 Å². The zero-order valence-corrected chi connectivity index (χ0v) is 11.8. The SMILES string of the molecule is CCC(C(=O)O)[C@]1(C[N+](=O)[O-])[C@@H]2C[C@@H]3CC[C@H]1[C@H]2C3(F)F. The van der Waals surface area contributed by atoms with E-state index >= 15 is 0 Å². The average molecular weight is 303 g/mol. The van der Waals surface area contributed by atoms with E-state index in [2.05, 4.69) is 0 Å². The normalized spacial score (nSPS) is 44.0. The van der Waals surface area contributed by atoms with Crippen molar-refractivity contribution in [1.82, 2.24) is 0 Å². The molecule has 0 heterocycles. The highest BCUT2D eigenvalue weighted by Crippen LogP contribution is 2.76. The number of carboxylic acid groups (broad SMARTS) is 1. The molecule has 5 nitrogen and oxygen atoms in total. The molecule has 3 aliphatic carbocycles. The molecule has 0 radical (unpaired) electrons. The van der Waals surface area contributed by atoms with Gasteiger partial charge in [0.25, 0.3) is 5.92 Å². The van der Waals surface area contributed by atoms with Crippen LogP contribution < -0.4 is 0 Å². The second-order valence-electron chi connectivity index (χ2n) is 6.83. The van der Waals surface area contributed by atoms with E-state index < -0.39 is 58.4 Å². The zero-order valence-electron chi connectivity index (χ0n) is 11.8. The first-order valence-corrected chi connectivity index (χ1v) is 7.49. The number of hydrogen-bond donors (Lipinski definition) is 1. The molecule has 2 bridgehead atoms. The van der Waals surface area contributed by atoms with E-state index in [0.29, 0.717) is 12.8 Å². The Morgan fingerprint density at radius 2 is 2.10 bits per heavy atom. The van der Waals surface area contributed by atoms with Crippen LogP contribution in [0, 0.1) is 45.1 Å². The molecule has 3 rings (SSSR count). The monoisotopic (exact) mass is 303 g/mol. The van der Waals surface area contributed by atoms with Crippen molar-refractivity contribution in [2.45, 2.75) is 38.5 Å². The number of alkyl halides is 2. The number of hydrogen-bond acceptors (Lipinski definition) is 3. The van der Waals surface area contributed by atoms with Gasteiger partial charge in [0, 0.05) is 16.8 Å². The summed E-state index contributed by atoms with van der Waals surface area (Å²) in [6, 6.07) is 0. The van der Waals surface area contributed by atoms with Crippen LogP contribution in [0.1, 0.15) is 32.6 Å². The van der Waals surface area contributed by atoms with E-state index in [0.717, 1.165) is 0 Å². The van der Waals surface area contributed by atoms with Crippen LogP contribution in [0.25, 0.3) is 0 Å². The summed E-state index contributed by atoms with van der Waals surface area (Å²) < 4.78 is 28.5. The van der Waals surface area contributed by atoms with Gasteiger partial charge in [-0.05, 0) is 37.5 Å². The van der Waals surface area contributed by atoms with Gasteiger partial charge in [-0.25, -0.2) is 8.78 Å². The smallest absolute Gasteiger partial charge is 0.307 e. The molecule has 3 saturated carbocycles. The minimum absolute atomic E-state index is 0.242. The molecule has 0 amide bonds. The Morgan fingerprint density at radius 1 is 1.43 bits per heavy atom. The maximum Gasteiger partial charge on any atom is 0.307 e. The lowest BCUT2D eigenvalue weighted by atomic mass is 9.41. The summed E-state index contributed by atoms with van der Waals surface area (Å²) in [6.07, 6.45) is 1.35. The van der Waals surface area contributed by atoms with Crippen molar-refractivity contribution in [3.63, 3.8) is 0 Å². The second-order valence-corrected chi connectivity index (χ2v) is 6.83. The number of rotatable bonds is 5. The number of nitro groups is 1. The number of nitrogens with zero attached hydrogens (tertiary/aromatic N) is 1. The standard InChI is InChI=1S/C14H19F2NO4/c1-2-8(12(18)19)13(6-17(20)21)9-4-3-7-5-10(13)11(9)14(7,15)16/h7-11H,2-6H2,1H3,(H,18,19)/t7-,8?,9-,10+,11+,13-/m0/s1. The summed E-state index contributed by atoms with van der Waals surface area (Å²) in [5.41, 5.74) is -1.08. The molecule has 3 fully saturated rings. The van der Waals surface area contributed by atoms with Gasteiger partial charge in [-0.1, -0.05) is 6.92 Å². The van der Waals surface area contributed by atoms with Gasteiger partial charge in [0.2, 0.25) is 6.54 Å². The fourth-order valence-electron chi connectivity index (χ4n) is 5.75. The Balaban J connectivity index is 2.04. The lowest BCUT2D eigenvalue weighted by Crippen LogP contribution is -2.66. The Kier molecular flexibility index (Phi) is 3.05. The summed E-state index contributed by atoms with van der Waals surface area (Å²) >= 11 is 0. The molecule has 21 heavy (non-hydrogen) atoms. The van der Waals surface area contributed by atoms with Crippen molar-refractivity contribution in [2.24, 2.45) is 35.0 Å². The van der Waals surface area contributed by atoms with Crippen molar-refractivity contribution >= 4 is 5.97 Å². The summed E-state index contributed by atoms with van der Waals surface area (Å²) in [5.74, 6) is -7.37. The van der Waals surface area contributed by atoms with Gasteiger partial charge in [0.15, 0.2) is 0 Å². The molecule has 0 aromatic rings. The minimum atomic E-state index is -2.77. The Hall–Kier alpha value is -1.27. The molecule has 118 valence electrons. The summed E-state index contributed by atoms with van der Waals surface area (Å²) in [5, 5.41) is 20.6. The van der Waals surface area contributed by atoms with Crippen LogP contribution in [-0.2, 0) is 4.79 Å². The van der Waals surface area contributed by atoms with Crippen molar-refractivity contribution in [2.75, 3.05) is 6.54 Å². The summed E-state index contributed by atoms with van der Waals surface area (Å²) in [6.45, 7) is 1.18. The third kappa shape index (κ3) is 1.63. The predicted octanol–water partition coefficient (Wildman–Crippen LogP) is 2.67. The quantitative estimate of drug-likeness (QED) is 0.625. The molecule has 6 atom stereocenters. The molecular weight excluding hydrogens is 284 g/mol. The fourth-order valence-corrected chi connectivity index (χ4v) is 5.75. The van der Waals surface area contributed by atoms with Crippen LogP contribution in [0.15, 0.2) is 0 Å². The van der Waals surface area contributed by atoms with E-state index in [-0.39, 0.29) is 12.8 Å². The van der Waals surface area contributed by atoms with Gasteiger partial charge in [-0.2, -0.15) is 0 Å². The van der Waals surface area contributed by atoms with Gasteiger partial charge < -0.3 is 5.11 Å². The molecule has 0 aromatic carbocycles. The van der Waals surface area contributed by atoms with Crippen molar-refractivity contribution in [1.29, 1.82) is 0 Å². The number of aliphatic carboxylic acids is 1. The molecular formula is C14H19F2NO4. The van der Waals surface area contributed by atoms with E-state index in [4.69, 9.17) is 0 Å². The first-order valence-electron chi connectivity index (χ1n) is 7.49. The Labute approximate surface area is 120 Å². The Morgan fingerprint density at radius 3 is 2.62 bits per heavy atom. The number of halogens is 2. The van der Waals surface area contributed by atoms with Gasteiger partial charge in [-0.3, -0.25) is 14.9 Å². The molecule has 1 unspecified atom stereocenters. The summed E-state index contributed by atoms with van der Waals surface area (Å²) in [7, 11) is 0. The molecule has 0 saturated heterocycles. The fraction of sp³-hybridized carbons (Fsp3) is 0.929. The molecule has 7 heteroatoms. The van der Waals surface area contributed by atoms with Crippen molar-refractivity contribution < 1.29 is 23.6 Å². The molecule has 1 N–H and O–H groups in total. The first kappa shape index (κ1) is 14.7. The predicted molar refractivity (Wildman–Crippen MR) is 68.5 cm³/mol. The third-order valence-electron chi connectivity index (χ3n) is 6.36. The lowest BCUT2D eigenvalue weighted by Gasteiger charge is -2.61. The topological polar surface area (TPSA) is 80.4 Å². The van der Waals surface area contributed by atoms with Crippen LogP contribution in [0.5, 0.6) is 0 Å². The number of fused-ring (bicyclic) bond motifs is 1. The van der Waals surface area contributed by atoms with Gasteiger partial charge in [0.05, 0.1) is 11.3 Å². The van der Waals surface area contributed by atoms with Crippen molar-refractivity contribution in [3.8, 4) is 0 Å². The van der Waals surface area contributed by atoms with Gasteiger partial charge >= 0.3 is 5.97 Å².